The van der Waals surface area contributed by atoms with Crippen LogP contribution in [0.15, 0.2) is 47.6 Å². The van der Waals surface area contributed by atoms with E-state index in [-0.39, 0.29) is 5.92 Å². The number of hydrogen-bond donors (Lipinski definition) is 2. The van der Waals surface area contributed by atoms with E-state index in [2.05, 4.69) is 51.7 Å². The molecule has 3 rings (SSSR count). The van der Waals surface area contributed by atoms with Gasteiger partial charge in [-0.1, -0.05) is 62.8 Å². The van der Waals surface area contributed by atoms with Crippen LogP contribution in [0.25, 0.3) is 0 Å². The number of fused-ring (bicyclic) bond motifs is 1. The van der Waals surface area contributed by atoms with Crippen molar-refractivity contribution in [2.75, 3.05) is 0 Å². The third kappa shape index (κ3) is 5.02. The Kier molecular flexibility index (Phi) is 6.34. The van der Waals surface area contributed by atoms with E-state index in [4.69, 9.17) is 7.91 Å². The van der Waals surface area contributed by atoms with Crippen LogP contribution in [-0.2, 0) is 0 Å². The van der Waals surface area contributed by atoms with E-state index in [9.17, 15) is 5.11 Å². The number of rotatable bonds is 6. The molecule has 0 saturated heterocycles. The molecule has 3 aliphatic rings. The summed E-state index contributed by atoms with van der Waals surface area (Å²) in [7, 11) is 0. The maximum Gasteiger partial charge on any atom is 0.210 e. The van der Waals surface area contributed by atoms with Crippen molar-refractivity contribution < 1.29 is 11.6 Å². The average Bonchev–Trinajstić information content (AvgIpc) is 3.09. The summed E-state index contributed by atoms with van der Waals surface area (Å²) in [6.07, 6.45) is 15.8. The number of allylic oxidation sites excluding steroid dienone is 5. The summed E-state index contributed by atoms with van der Waals surface area (Å²) in [6, 6.07) is 0. The Hall–Kier alpha value is -1.12. The quantitative estimate of drug-likeness (QED) is 0.472. The smallest absolute Gasteiger partial charge is 0.210 e. The van der Waals surface area contributed by atoms with Gasteiger partial charge in [-0.15, -0.1) is 0 Å². The molecule has 1 unspecified atom stereocenters. The standard InChI is InChI=1S/C28H44O2/c1-19-10-14-24(29)18-23(19)13-12-22-8-7-17-28(6)25(15-16-26(22)28)20(2)9-11-21(3)27(4,5)30/h9,11-13,20-21,24-26,29-30H,1,7-8,10,14-18H2,2-6H3/t20-,21+,24+,25-,26?,28-/m1/s1/i24D,29D. The van der Waals surface area contributed by atoms with E-state index < -0.39 is 11.7 Å². The zero-order valence-corrected chi connectivity index (χ0v) is 19.8. The van der Waals surface area contributed by atoms with Gasteiger partial charge in [0, 0.05) is 5.92 Å². The first-order chi connectivity index (χ1) is 14.9. The second kappa shape index (κ2) is 9.17. The molecule has 0 aromatic rings. The van der Waals surface area contributed by atoms with Crippen molar-refractivity contribution in [3.63, 3.8) is 0 Å². The van der Waals surface area contributed by atoms with Crippen LogP contribution in [0.5, 0.6) is 0 Å². The van der Waals surface area contributed by atoms with Gasteiger partial charge < -0.3 is 10.2 Å². The minimum absolute atomic E-state index is 0.142. The first-order valence-corrected chi connectivity index (χ1v) is 12.0. The van der Waals surface area contributed by atoms with Gasteiger partial charge in [0.25, 0.3) is 0 Å². The molecule has 0 aromatic carbocycles. The van der Waals surface area contributed by atoms with Crippen LogP contribution in [-0.4, -0.2) is 23.3 Å². The first kappa shape index (κ1) is 20.8. The van der Waals surface area contributed by atoms with Crippen molar-refractivity contribution >= 4 is 0 Å². The Balaban J connectivity index is 1.77. The average molecular weight is 415 g/mol. The van der Waals surface area contributed by atoms with E-state index >= 15 is 0 Å². The lowest BCUT2D eigenvalue weighted by Crippen LogP contribution is -2.35. The summed E-state index contributed by atoms with van der Waals surface area (Å²) in [4.78, 5) is 0. The van der Waals surface area contributed by atoms with Crippen molar-refractivity contribution in [3.8, 4) is 0 Å². The Morgan fingerprint density at radius 2 is 1.97 bits per heavy atom. The van der Waals surface area contributed by atoms with Crippen LogP contribution in [0.4, 0.5) is 0 Å². The van der Waals surface area contributed by atoms with Gasteiger partial charge in [0.2, 0.25) is 1.43 Å². The molecule has 0 heterocycles. The fourth-order valence-corrected chi connectivity index (χ4v) is 6.12. The van der Waals surface area contributed by atoms with Crippen molar-refractivity contribution in [3.05, 3.63) is 47.6 Å². The zero-order chi connectivity index (χ0) is 23.7. The molecule has 3 fully saturated rings. The zero-order valence-electron chi connectivity index (χ0n) is 21.8. The summed E-state index contributed by atoms with van der Waals surface area (Å²) >= 11 is 0. The molecule has 0 aromatic heterocycles. The SMILES string of the molecule is [2H]O[C@@]1([2H])CCC(=C)C(=CC=C2CCC[C@@]3(C)C2CC[C@@H]3[C@H](C)C=C[C@H](C)C(C)(C)O)C1. The highest BCUT2D eigenvalue weighted by atomic mass is 16.3. The first-order valence-electron chi connectivity index (χ1n) is 12.9. The summed E-state index contributed by atoms with van der Waals surface area (Å²) in [5.74, 6) is 1.93. The summed E-state index contributed by atoms with van der Waals surface area (Å²) < 4.78 is 15.6. The van der Waals surface area contributed by atoms with Crippen LogP contribution >= 0.6 is 0 Å². The number of hydrogen-bond acceptors (Lipinski definition) is 2. The Bertz CT molecular complexity index is 790. The van der Waals surface area contributed by atoms with Gasteiger partial charge in [0.15, 0.2) is 0 Å². The largest absolute Gasteiger partial charge is 0.393 e. The minimum Gasteiger partial charge on any atom is -0.393 e. The lowest BCUT2D eigenvalue weighted by Gasteiger charge is -2.44. The van der Waals surface area contributed by atoms with Gasteiger partial charge in [-0.25, -0.2) is 0 Å². The maximum absolute atomic E-state index is 10.3. The van der Waals surface area contributed by atoms with Gasteiger partial charge >= 0.3 is 0 Å². The molecule has 2 nitrogen and oxygen atoms in total. The summed E-state index contributed by atoms with van der Waals surface area (Å²) in [6.45, 7) is 14.9. The Morgan fingerprint density at radius 3 is 2.67 bits per heavy atom. The normalized spacial score (nSPS) is 41.1. The molecular formula is C28H44O2. The van der Waals surface area contributed by atoms with Crippen LogP contribution < -0.4 is 0 Å². The predicted molar refractivity (Wildman–Crippen MR) is 127 cm³/mol. The highest BCUT2D eigenvalue weighted by Gasteiger charge is 2.50. The van der Waals surface area contributed by atoms with E-state index in [1.54, 1.807) is 5.57 Å². The molecule has 168 valence electrons. The van der Waals surface area contributed by atoms with Gasteiger partial charge in [-0.05, 0) is 94.0 Å². The molecule has 0 spiro atoms. The van der Waals surface area contributed by atoms with Crippen LogP contribution in [0.1, 0.15) is 87.4 Å². The Morgan fingerprint density at radius 1 is 1.20 bits per heavy atom. The van der Waals surface area contributed by atoms with E-state index in [1.807, 2.05) is 13.8 Å². The molecule has 30 heavy (non-hydrogen) atoms. The molecule has 3 saturated carbocycles. The second-order valence-corrected chi connectivity index (χ2v) is 11.0. The third-order valence-corrected chi connectivity index (χ3v) is 8.54. The topological polar surface area (TPSA) is 40.5 Å². The minimum atomic E-state index is -1.13. The molecule has 0 amide bonds. The van der Waals surface area contributed by atoms with Gasteiger partial charge in [-0.3, -0.25) is 0 Å². The highest BCUT2D eigenvalue weighted by Crippen LogP contribution is 2.59. The van der Waals surface area contributed by atoms with Gasteiger partial charge in [0.1, 0.15) is 0 Å². The van der Waals surface area contributed by atoms with E-state index in [0.717, 1.165) is 24.0 Å². The number of aliphatic hydroxyl groups is 2. The Labute approximate surface area is 187 Å². The van der Waals surface area contributed by atoms with Crippen molar-refractivity contribution in [2.24, 2.45) is 29.1 Å². The van der Waals surface area contributed by atoms with Crippen molar-refractivity contribution in [1.82, 2.24) is 0 Å². The molecule has 2 heteroatoms. The van der Waals surface area contributed by atoms with Crippen molar-refractivity contribution in [1.29, 1.82) is 1.43 Å². The molecule has 3 aliphatic carbocycles. The summed E-state index contributed by atoms with van der Waals surface area (Å²) in [5.41, 5.74) is 3.35. The third-order valence-electron chi connectivity index (χ3n) is 8.54. The lowest BCUT2D eigenvalue weighted by molar-refractivity contribution is 0.0436. The fourth-order valence-electron chi connectivity index (χ4n) is 6.12. The van der Waals surface area contributed by atoms with Crippen molar-refractivity contribution in [2.45, 2.75) is 97.7 Å². The molecular weight excluding hydrogens is 368 g/mol. The van der Waals surface area contributed by atoms with Crippen LogP contribution in [0, 0.1) is 29.1 Å². The van der Waals surface area contributed by atoms with Crippen LogP contribution in [0.3, 0.4) is 0 Å². The van der Waals surface area contributed by atoms with Crippen LogP contribution in [0.2, 0.25) is 0 Å². The fraction of sp³-hybridized carbons (Fsp3) is 0.714. The second-order valence-electron chi connectivity index (χ2n) is 11.0. The molecule has 0 bridgehead atoms. The predicted octanol–water partition coefficient (Wildman–Crippen LogP) is 6.76. The highest BCUT2D eigenvalue weighted by molar-refractivity contribution is 5.36. The molecule has 6 atom stereocenters. The van der Waals surface area contributed by atoms with Gasteiger partial charge in [0.05, 0.1) is 13.1 Å². The summed E-state index contributed by atoms with van der Waals surface area (Å²) in [5, 5.41) is 15.0. The monoisotopic (exact) mass is 414 g/mol. The molecule has 2 N–H and O–H groups in total. The van der Waals surface area contributed by atoms with Gasteiger partial charge in [-0.2, -0.15) is 0 Å². The maximum atomic E-state index is 10.3. The lowest BCUT2D eigenvalue weighted by atomic mass is 9.61. The van der Waals surface area contributed by atoms with E-state index in [1.165, 1.54) is 25.7 Å². The molecule has 0 aliphatic heterocycles. The van der Waals surface area contributed by atoms with E-state index in [0.29, 0.717) is 36.0 Å². The molecule has 0 radical (unpaired) electrons.